The van der Waals surface area contributed by atoms with Gasteiger partial charge in [-0.1, -0.05) is 15.9 Å². The van der Waals surface area contributed by atoms with Crippen molar-refractivity contribution >= 4 is 45.0 Å². The van der Waals surface area contributed by atoms with E-state index in [1.807, 2.05) is 0 Å². The van der Waals surface area contributed by atoms with Crippen LogP contribution in [-0.4, -0.2) is 17.7 Å². The molecule has 0 fully saturated rings. The molecular weight excluding hydrogens is 278 g/mol. The Labute approximate surface area is 101 Å². The lowest BCUT2D eigenvalue weighted by atomic mass is 10.2. The highest BCUT2D eigenvalue weighted by molar-refractivity contribution is 9.10. The highest BCUT2D eigenvalue weighted by atomic mass is 79.9. The Balaban J connectivity index is 3.17. The zero-order valence-electron chi connectivity index (χ0n) is 7.99. The van der Waals surface area contributed by atoms with Crippen molar-refractivity contribution in [2.24, 2.45) is 4.99 Å². The molecule has 0 aliphatic rings. The second kappa shape index (κ2) is 5.75. The Morgan fingerprint density at radius 1 is 1.67 bits per heavy atom. The Morgan fingerprint density at radius 2 is 2.40 bits per heavy atom. The van der Waals surface area contributed by atoms with Gasteiger partial charge in [0.2, 0.25) is 0 Å². The molecule has 0 amide bonds. The van der Waals surface area contributed by atoms with E-state index in [0.29, 0.717) is 17.9 Å². The fourth-order valence-corrected chi connectivity index (χ4v) is 1.49. The molecule has 15 heavy (non-hydrogen) atoms. The summed E-state index contributed by atoms with van der Waals surface area (Å²) >= 11 is 7.77. The molecule has 0 aliphatic carbocycles. The minimum absolute atomic E-state index is 0.325. The summed E-state index contributed by atoms with van der Waals surface area (Å²) in [4.78, 5) is 15.3. The molecule has 0 radical (unpaired) electrons. The Hall–Kier alpha value is -1.03. The molecule has 0 spiro atoms. The number of nitrogens with zero attached hydrogens (tertiary/aromatic N) is 1. The van der Waals surface area contributed by atoms with Crippen LogP contribution < -0.4 is 0 Å². The number of hydrogen-bond donors (Lipinski definition) is 0. The maximum atomic E-state index is 11.5. The maximum absolute atomic E-state index is 11.5. The first-order valence-corrected chi connectivity index (χ1v) is 5.43. The van der Waals surface area contributed by atoms with Gasteiger partial charge in [-0.3, -0.25) is 0 Å². The molecule has 0 aromatic heterocycles. The standard InChI is InChI=1S/C10H8BrNO2S/c1-2-14-10(13)8-5-7(11)3-4-9(8)12-6-15/h3-5H,2H2,1H3. The van der Waals surface area contributed by atoms with Gasteiger partial charge in [0, 0.05) is 4.47 Å². The molecule has 0 N–H and O–H groups in total. The summed E-state index contributed by atoms with van der Waals surface area (Å²) in [7, 11) is 0. The van der Waals surface area contributed by atoms with E-state index in [1.54, 1.807) is 25.1 Å². The van der Waals surface area contributed by atoms with Crippen LogP contribution in [0.2, 0.25) is 0 Å². The molecule has 3 nitrogen and oxygen atoms in total. The summed E-state index contributed by atoms with van der Waals surface area (Å²) in [5.41, 5.74) is 0.843. The third kappa shape index (κ3) is 3.23. The SMILES string of the molecule is CCOC(=O)c1cc(Br)ccc1N=C=S. The Morgan fingerprint density at radius 3 is 3.00 bits per heavy atom. The lowest BCUT2D eigenvalue weighted by Crippen LogP contribution is -2.04. The number of aliphatic imine (C=N–C) groups is 1. The normalized spacial score (nSPS) is 9.20. The van der Waals surface area contributed by atoms with Gasteiger partial charge in [-0.2, -0.15) is 4.99 Å². The van der Waals surface area contributed by atoms with Crippen molar-refractivity contribution in [2.45, 2.75) is 6.92 Å². The highest BCUT2D eigenvalue weighted by Crippen LogP contribution is 2.24. The summed E-state index contributed by atoms with van der Waals surface area (Å²) in [6, 6.07) is 5.09. The van der Waals surface area contributed by atoms with Crippen molar-refractivity contribution in [3.63, 3.8) is 0 Å². The van der Waals surface area contributed by atoms with E-state index in [-0.39, 0.29) is 0 Å². The number of hydrogen-bond acceptors (Lipinski definition) is 4. The number of ether oxygens (including phenoxy) is 1. The number of isothiocyanates is 1. The van der Waals surface area contributed by atoms with Gasteiger partial charge in [-0.05, 0) is 37.3 Å². The molecule has 0 unspecified atom stereocenters. The molecular formula is C10H8BrNO2S. The van der Waals surface area contributed by atoms with Crippen LogP contribution in [0.3, 0.4) is 0 Å². The monoisotopic (exact) mass is 285 g/mol. The number of carbonyl (C=O) groups excluding carboxylic acids is 1. The van der Waals surface area contributed by atoms with Crippen LogP contribution in [0.25, 0.3) is 0 Å². The quantitative estimate of drug-likeness (QED) is 0.486. The van der Waals surface area contributed by atoms with Crippen LogP contribution in [0.15, 0.2) is 27.7 Å². The fraction of sp³-hybridized carbons (Fsp3) is 0.200. The van der Waals surface area contributed by atoms with Crippen LogP contribution in [0, 0.1) is 0 Å². The van der Waals surface area contributed by atoms with Crippen molar-refractivity contribution in [2.75, 3.05) is 6.61 Å². The van der Waals surface area contributed by atoms with Crippen molar-refractivity contribution in [1.82, 2.24) is 0 Å². The minimum atomic E-state index is -0.414. The predicted octanol–water partition coefficient (Wildman–Crippen LogP) is 3.36. The van der Waals surface area contributed by atoms with E-state index in [0.717, 1.165) is 4.47 Å². The first-order chi connectivity index (χ1) is 7.19. The number of rotatable bonds is 3. The summed E-state index contributed by atoms with van der Waals surface area (Å²) in [6.45, 7) is 2.07. The summed E-state index contributed by atoms with van der Waals surface area (Å²) in [6.07, 6.45) is 0. The van der Waals surface area contributed by atoms with Gasteiger partial charge in [0.25, 0.3) is 0 Å². The maximum Gasteiger partial charge on any atom is 0.340 e. The van der Waals surface area contributed by atoms with Gasteiger partial charge < -0.3 is 4.74 Å². The van der Waals surface area contributed by atoms with Gasteiger partial charge in [0.15, 0.2) is 0 Å². The molecule has 1 rings (SSSR count). The van der Waals surface area contributed by atoms with E-state index in [1.165, 1.54) is 0 Å². The first-order valence-electron chi connectivity index (χ1n) is 4.23. The van der Waals surface area contributed by atoms with E-state index in [4.69, 9.17) is 4.74 Å². The first kappa shape index (κ1) is 12.0. The number of thiocarbonyl (C=S) groups is 1. The number of benzene rings is 1. The summed E-state index contributed by atoms with van der Waals surface area (Å²) < 4.78 is 5.67. The summed E-state index contributed by atoms with van der Waals surface area (Å²) in [5.74, 6) is -0.414. The molecule has 1 aromatic carbocycles. The molecule has 0 heterocycles. The largest absolute Gasteiger partial charge is 0.462 e. The molecule has 0 saturated carbocycles. The van der Waals surface area contributed by atoms with Crippen LogP contribution in [0.5, 0.6) is 0 Å². The average Bonchev–Trinajstić information content (AvgIpc) is 2.21. The molecule has 78 valence electrons. The molecule has 0 bridgehead atoms. The van der Waals surface area contributed by atoms with Gasteiger partial charge >= 0.3 is 5.97 Å². The molecule has 0 aliphatic heterocycles. The van der Waals surface area contributed by atoms with E-state index >= 15 is 0 Å². The zero-order chi connectivity index (χ0) is 11.3. The predicted molar refractivity (Wildman–Crippen MR) is 64.8 cm³/mol. The second-order valence-corrected chi connectivity index (χ2v) is 3.68. The second-order valence-electron chi connectivity index (χ2n) is 2.59. The third-order valence-corrected chi connectivity index (χ3v) is 2.20. The third-order valence-electron chi connectivity index (χ3n) is 1.62. The lowest BCUT2D eigenvalue weighted by molar-refractivity contribution is 0.0527. The van der Waals surface area contributed by atoms with E-state index in [9.17, 15) is 4.79 Å². The number of carbonyl (C=O) groups is 1. The van der Waals surface area contributed by atoms with Crippen molar-refractivity contribution in [3.05, 3.63) is 28.2 Å². The molecule has 1 aromatic rings. The molecule has 0 atom stereocenters. The highest BCUT2D eigenvalue weighted by Gasteiger charge is 2.12. The van der Waals surface area contributed by atoms with Crippen molar-refractivity contribution < 1.29 is 9.53 Å². The van der Waals surface area contributed by atoms with Gasteiger partial charge in [-0.15, -0.1) is 0 Å². The van der Waals surface area contributed by atoms with Gasteiger partial charge in [0.1, 0.15) is 0 Å². The van der Waals surface area contributed by atoms with Crippen LogP contribution >= 0.6 is 28.1 Å². The van der Waals surface area contributed by atoms with Gasteiger partial charge in [-0.25, -0.2) is 4.79 Å². The smallest absolute Gasteiger partial charge is 0.340 e. The van der Waals surface area contributed by atoms with Crippen LogP contribution in [-0.2, 0) is 4.74 Å². The average molecular weight is 286 g/mol. The molecule has 5 heteroatoms. The minimum Gasteiger partial charge on any atom is -0.462 e. The van der Waals surface area contributed by atoms with E-state index < -0.39 is 5.97 Å². The summed E-state index contributed by atoms with van der Waals surface area (Å²) in [5, 5.41) is 2.23. The van der Waals surface area contributed by atoms with Crippen LogP contribution in [0.1, 0.15) is 17.3 Å². The fourth-order valence-electron chi connectivity index (χ4n) is 1.03. The van der Waals surface area contributed by atoms with Crippen molar-refractivity contribution in [3.8, 4) is 0 Å². The van der Waals surface area contributed by atoms with Gasteiger partial charge in [0.05, 0.1) is 23.0 Å². The van der Waals surface area contributed by atoms with E-state index in [2.05, 4.69) is 38.3 Å². The van der Waals surface area contributed by atoms with Crippen LogP contribution in [0.4, 0.5) is 5.69 Å². The number of esters is 1. The molecule has 0 saturated heterocycles. The number of halogens is 1. The zero-order valence-corrected chi connectivity index (χ0v) is 10.4. The van der Waals surface area contributed by atoms with Crippen molar-refractivity contribution in [1.29, 1.82) is 0 Å². The Kier molecular flexibility index (Phi) is 4.62. The Bertz CT molecular complexity index is 427. The topological polar surface area (TPSA) is 38.7 Å². The lowest BCUT2D eigenvalue weighted by Gasteiger charge is -2.04.